The van der Waals surface area contributed by atoms with E-state index in [0.717, 1.165) is 13.0 Å². The van der Waals surface area contributed by atoms with Gasteiger partial charge in [-0.05, 0) is 48.3 Å². The molecule has 2 fully saturated rings. The van der Waals surface area contributed by atoms with Crippen molar-refractivity contribution in [2.45, 2.75) is 24.7 Å². The van der Waals surface area contributed by atoms with Gasteiger partial charge in [-0.25, -0.2) is 4.39 Å². The molecule has 2 saturated carbocycles. The molecule has 2 atom stereocenters. The van der Waals surface area contributed by atoms with Gasteiger partial charge in [-0.1, -0.05) is 12.1 Å². The highest BCUT2D eigenvalue weighted by molar-refractivity contribution is 5.37. The number of halogens is 1. The Morgan fingerprint density at radius 2 is 1.93 bits per heavy atom. The van der Waals surface area contributed by atoms with Crippen molar-refractivity contribution in [1.82, 2.24) is 0 Å². The second-order valence-corrected chi connectivity index (χ2v) is 4.10. The smallest absolute Gasteiger partial charge is 0.123 e. The van der Waals surface area contributed by atoms with E-state index in [-0.39, 0.29) is 5.82 Å². The lowest BCUT2D eigenvalue weighted by molar-refractivity contribution is 0.399. The molecule has 0 saturated heterocycles. The molecular weight excluding hydrogens is 179 g/mol. The third kappa shape index (κ3) is 1.25. The highest BCUT2D eigenvalue weighted by Gasteiger charge is 2.61. The normalized spacial score (nSPS) is 32.1. The molecule has 2 aliphatic carbocycles. The van der Waals surface area contributed by atoms with Crippen molar-refractivity contribution in [3.05, 3.63) is 35.6 Å². The average molecular weight is 194 g/mol. The number of fused-ring (bicyclic) bond motifs is 1. The topological polar surface area (TPSA) is 20.2 Å². The average Bonchev–Trinajstić information content (AvgIpc) is 2.74. The molecule has 0 aromatic heterocycles. The van der Waals surface area contributed by atoms with E-state index in [2.05, 4.69) is 0 Å². The van der Waals surface area contributed by atoms with Gasteiger partial charge in [0.15, 0.2) is 0 Å². The Labute approximate surface area is 83.6 Å². The molecule has 2 aliphatic rings. The first-order chi connectivity index (χ1) is 6.81. The third-order valence-electron chi connectivity index (χ3n) is 3.59. The zero-order chi connectivity index (χ0) is 10.2. The molecule has 14 heavy (non-hydrogen) atoms. The molecule has 3 rings (SSSR count). The molecular formula is C12H15FO. The predicted octanol–water partition coefficient (Wildman–Crippen LogP) is 2.49. The lowest BCUT2D eigenvalue weighted by Crippen LogP contribution is -2.18. The maximum Gasteiger partial charge on any atom is 0.123 e. The molecule has 0 aliphatic heterocycles. The minimum absolute atomic E-state index is 0.119. The summed E-state index contributed by atoms with van der Waals surface area (Å²) in [7, 11) is 1.00. The van der Waals surface area contributed by atoms with Crippen LogP contribution in [0.2, 0.25) is 0 Å². The molecule has 0 amide bonds. The maximum atomic E-state index is 12.6. The zero-order valence-electron chi connectivity index (χ0n) is 8.33. The van der Waals surface area contributed by atoms with Gasteiger partial charge >= 0.3 is 0 Å². The quantitative estimate of drug-likeness (QED) is 0.728. The van der Waals surface area contributed by atoms with E-state index >= 15 is 0 Å². The van der Waals surface area contributed by atoms with Crippen molar-refractivity contribution >= 4 is 0 Å². The van der Waals surface area contributed by atoms with Crippen LogP contribution in [-0.4, -0.2) is 12.2 Å². The van der Waals surface area contributed by atoms with Crippen LogP contribution in [0.15, 0.2) is 24.3 Å². The summed E-state index contributed by atoms with van der Waals surface area (Å²) in [4.78, 5) is 0. The van der Waals surface area contributed by atoms with E-state index in [9.17, 15) is 4.39 Å². The van der Waals surface area contributed by atoms with Gasteiger partial charge in [-0.2, -0.15) is 0 Å². The van der Waals surface area contributed by atoms with Crippen LogP contribution in [0.4, 0.5) is 4.39 Å². The Kier molecular flexibility index (Phi) is 2.31. The van der Waals surface area contributed by atoms with Gasteiger partial charge in [-0.15, -0.1) is 0 Å². The molecule has 1 nitrogen and oxygen atoms in total. The molecule has 0 bridgehead atoms. The molecule has 0 radical (unpaired) electrons. The third-order valence-corrected chi connectivity index (χ3v) is 3.59. The van der Waals surface area contributed by atoms with Crippen LogP contribution < -0.4 is 0 Å². The van der Waals surface area contributed by atoms with Crippen LogP contribution >= 0.6 is 0 Å². The number of rotatable bonds is 1. The fourth-order valence-electron chi connectivity index (χ4n) is 2.56. The Balaban J connectivity index is 0.000000354. The van der Waals surface area contributed by atoms with Gasteiger partial charge in [0.25, 0.3) is 0 Å². The molecule has 76 valence electrons. The van der Waals surface area contributed by atoms with E-state index < -0.39 is 0 Å². The van der Waals surface area contributed by atoms with Gasteiger partial charge in [0.1, 0.15) is 5.82 Å². The lowest BCUT2D eigenvalue weighted by atomic mass is 9.79. The van der Waals surface area contributed by atoms with Crippen molar-refractivity contribution in [1.29, 1.82) is 0 Å². The van der Waals surface area contributed by atoms with Gasteiger partial charge in [0, 0.05) is 7.11 Å². The number of hydrogen-bond donors (Lipinski definition) is 1. The summed E-state index contributed by atoms with van der Waals surface area (Å²) in [5, 5.41) is 7.00. The fourth-order valence-corrected chi connectivity index (χ4v) is 2.56. The van der Waals surface area contributed by atoms with E-state index in [1.54, 1.807) is 12.1 Å². The van der Waals surface area contributed by atoms with Crippen molar-refractivity contribution < 1.29 is 9.50 Å². The maximum absolute atomic E-state index is 12.6. The summed E-state index contributed by atoms with van der Waals surface area (Å²) >= 11 is 0. The number of aliphatic hydroxyl groups excluding tert-OH is 1. The summed E-state index contributed by atoms with van der Waals surface area (Å²) < 4.78 is 12.6. The van der Waals surface area contributed by atoms with E-state index in [0.29, 0.717) is 5.41 Å². The van der Waals surface area contributed by atoms with E-state index in [4.69, 9.17) is 5.11 Å². The summed E-state index contributed by atoms with van der Waals surface area (Å²) in [6.07, 6.45) is 4.05. The highest BCUT2D eigenvalue weighted by atomic mass is 19.1. The monoisotopic (exact) mass is 194 g/mol. The second kappa shape index (κ2) is 3.35. The molecule has 1 aromatic carbocycles. The summed E-state index contributed by atoms with van der Waals surface area (Å²) in [5.41, 5.74) is 1.87. The minimum Gasteiger partial charge on any atom is -0.400 e. The first-order valence-corrected chi connectivity index (χ1v) is 5.02. The second-order valence-electron chi connectivity index (χ2n) is 4.10. The van der Waals surface area contributed by atoms with E-state index in [1.807, 2.05) is 12.1 Å². The fraction of sp³-hybridized carbons (Fsp3) is 0.500. The summed E-state index contributed by atoms with van der Waals surface area (Å²) in [5.74, 6) is 0.814. The van der Waals surface area contributed by atoms with Gasteiger partial charge < -0.3 is 5.11 Å². The Bertz CT molecular complexity index is 316. The van der Waals surface area contributed by atoms with Gasteiger partial charge in [0.05, 0.1) is 0 Å². The first kappa shape index (κ1) is 9.66. The SMILES string of the molecule is CO.Fc1ccc(C23CCC2C3)cc1. The molecule has 0 spiro atoms. The number of aliphatic hydroxyl groups is 1. The standard InChI is InChI=1S/C11H11F.CH4O/c12-10-3-1-8(2-4-10)11-6-5-9(11)7-11;1-2/h1-4,9H,5-7H2;2H,1H3. The van der Waals surface area contributed by atoms with Crippen molar-refractivity contribution in [3.8, 4) is 0 Å². The zero-order valence-corrected chi connectivity index (χ0v) is 8.33. The predicted molar refractivity (Wildman–Crippen MR) is 53.6 cm³/mol. The van der Waals surface area contributed by atoms with Crippen LogP contribution in [0.5, 0.6) is 0 Å². The van der Waals surface area contributed by atoms with Crippen LogP contribution in [0.25, 0.3) is 0 Å². The van der Waals surface area contributed by atoms with Crippen molar-refractivity contribution in [3.63, 3.8) is 0 Å². The minimum atomic E-state index is -0.119. The largest absolute Gasteiger partial charge is 0.400 e. The Morgan fingerprint density at radius 3 is 2.29 bits per heavy atom. The van der Waals surface area contributed by atoms with E-state index in [1.165, 1.54) is 24.8 Å². The van der Waals surface area contributed by atoms with Gasteiger partial charge in [-0.3, -0.25) is 0 Å². The Morgan fingerprint density at radius 1 is 1.29 bits per heavy atom. The Hall–Kier alpha value is -0.890. The van der Waals surface area contributed by atoms with Gasteiger partial charge in [0.2, 0.25) is 0 Å². The van der Waals surface area contributed by atoms with Crippen molar-refractivity contribution in [2.24, 2.45) is 5.92 Å². The molecule has 0 heterocycles. The first-order valence-electron chi connectivity index (χ1n) is 5.02. The summed E-state index contributed by atoms with van der Waals surface area (Å²) in [6, 6.07) is 7.07. The molecule has 1 N–H and O–H groups in total. The number of benzene rings is 1. The molecule has 2 unspecified atom stereocenters. The highest BCUT2D eigenvalue weighted by Crippen LogP contribution is 2.68. The van der Waals surface area contributed by atoms with Crippen LogP contribution in [0, 0.1) is 11.7 Å². The van der Waals surface area contributed by atoms with Crippen molar-refractivity contribution in [2.75, 3.05) is 7.11 Å². The molecule has 2 heteroatoms. The summed E-state index contributed by atoms with van der Waals surface area (Å²) in [6.45, 7) is 0. The molecule has 1 aromatic rings. The lowest BCUT2D eigenvalue weighted by Gasteiger charge is -2.25. The number of hydrogen-bond acceptors (Lipinski definition) is 1. The van der Waals surface area contributed by atoms with Crippen LogP contribution in [-0.2, 0) is 5.41 Å². The van der Waals surface area contributed by atoms with Crippen LogP contribution in [0.3, 0.4) is 0 Å². The van der Waals surface area contributed by atoms with Crippen LogP contribution in [0.1, 0.15) is 24.8 Å².